The van der Waals surface area contributed by atoms with E-state index >= 15 is 0 Å². The number of amides is 1. The number of pyridine rings is 1. The van der Waals surface area contributed by atoms with Crippen LogP contribution in [-0.4, -0.2) is 72.1 Å². The summed E-state index contributed by atoms with van der Waals surface area (Å²) in [6.07, 6.45) is 3.60. The highest BCUT2D eigenvalue weighted by atomic mass is 16.2. The number of hydrogen-bond acceptors (Lipinski definition) is 8. The third-order valence-corrected chi connectivity index (χ3v) is 5.03. The van der Waals surface area contributed by atoms with E-state index in [-0.39, 0.29) is 17.8 Å². The van der Waals surface area contributed by atoms with Gasteiger partial charge in [-0.2, -0.15) is 4.80 Å². The molecule has 1 aliphatic heterocycles. The average molecular weight is 393 g/mol. The molecule has 0 bridgehead atoms. The maximum Gasteiger partial charge on any atom is 0.295 e. The molecule has 1 unspecified atom stereocenters. The van der Waals surface area contributed by atoms with E-state index < -0.39 is 0 Å². The summed E-state index contributed by atoms with van der Waals surface area (Å²) in [4.78, 5) is 31.5. The second-order valence-electron chi connectivity index (χ2n) is 7.17. The van der Waals surface area contributed by atoms with Crippen LogP contribution in [-0.2, 0) is 7.05 Å². The molecular weight excluding hydrogens is 370 g/mol. The Morgan fingerprint density at radius 2 is 2.14 bits per heavy atom. The van der Waals surface area contributed by atoms with Crippen molar-refractivity contribution >= 4 is 11.7 Å². The van der Waals surface area contributed by atoms with E-state index in [9.17, 15) is 4.79 Å². The third kappa shape index (κ3) is 4.05. The Morgan fingerprint density at radius 1 is 1.28 bits per heavy atom. The Bertz CT molecular complexity index is 1000. The summed E-state index contributed by atoms with van der Waals surface area (Å²) in [5.74, 6) is 1.35. The first kappa shape index (κ1) is 18.9. The van der Waals surface area contributed by atoms with E-state index in [2.05, 4.69) is 30.3 Å². The van der Waals surface area contributed by atoms with Gasteiger partial charge in [0.1, 0.15) is 11.5 Å². The summed E-state index contributed by atoms with van der Waals surface area (Å²) >= 11 is 0. The fourth-order valence-electron chi connectivity index (χ4n) is 3.50. The summed E-state index contributed by atoms with van der Waals surface area (Å²) in [5, 5.41) is 11.6. The molecule has 150 valence electrons. The van der Waals surface area contributed by atoms with Gasteiger partial charge in [-0.15, -0.1) is 10.2 Å². The second-order valence-corrected chi connectivity index (χ2v) is 7.17. The van der Waals surface area contributed by atoms with Crippen LogP contribution in [0.25, 0.3) is 11.5 Å². The maximum atomic E-state index is 12.7. The smallest absolute Gasteiger partial charge is 0.295 e. The Hall–Kier alpha value is -3.43. The van der Waals surface area contributed by atoms with Gasteiger partial charge in [-0.05, 0) is 37.1 Å². The summed E-state index contributed by atoms with van der Waals surface area (Å²) < 4.78 is 0. The SMILES string of the molecule is Cc1cc(N(C)C2CCCN(C(=O)c3nnn(C)n3)C2)nc(-c2ccccn2)n1. The molecule has 0 aromatic carbocycles. The number of aryl methyl sites for hydroxylation is 2. The molecule has 10 heteroatoms. The van der Waals surface area contributed by atoms with Crippen LogP contribution in [0, 0.1) is 6.92 Å². The summed E-state index contributed by atoms with van der Waals surface area (Å²) in [7, 11) is 3.65. The normalized spacial score (nSPS) is 16.7. The van der Waals surface area contributed by atoms with Crippen LogP contribution in [0.4, 0.5) is 5.82 Å². The van der Waals surface area contributed by atoms with Gasteiger partial charge in [0.05, 0.1) is 7.05 Å². The monoisotopic (exact) mass is 393 g/mol. The van der Waals surface area contributed by atoms with Crippen LogP contribution in [0.2, 0.25) is 0 Å². The molecule has 4 heterocycles. The molecule has 1 saturated heterocycles. The minimum Gasteiger partial charge on any atom is -0.355 e. The number of rotatable bonds is 4. The Kier molecular flexibility index (Phi) is 5.15. The lowest BCUT2D eigenvalue weighted by molar-refractivity contribution is 0.0694. The molecule has 4 rings (SSSR count). The largest absolute Gasteiger partial charge is 0.355 e. The molecular formula is C19H23N9O. The molecule has 1 amide bonds. The molecule has 0 saturated carbocycles. The first-order chi connectivity index (χ1) is 14.0. The van der Waals surface area contributed by atoms with E-state index in [0.717, 1.165) is 30.0 Å². The first-order valence-electron chi connectivity index (χ1n) is 9.54. The predicted octanol–water partition coefficient (Wildman–Crippen LogP) is 1.11. The number of anilines is 1. The number of likely N-dealkylation sites (N-methyl/N-ethyl adjacent to an activating group) is 1. The van der Waals surface area contributed by atoms with Crippen molar-refractivity contribution in [2.24, 2.45) is 7.05 Å². The molecule has 10 nitrogen and oxygen atoms in total. The number of carbonyl (C=O) groups excluding carboxylic acids is 1. The Morgan fingerprint density at radius 3 is 2.86 bits per heavy atom. The van der Waals surface area contributed by atoms with Crippen molar-refractivity contribution in [3.05, 3.63) is 42.0 Å². The van der Waals surface area contributed by atoms with Crippen molar-refractivity contribution in [1.29, 1.82) is 0 Å². The molecule has 1 fully saturated rings. The van der Waals surface area contributed by atoms with E-state index in [1.807, 2.05) is 38.2 Å². The first-order valence-corrected chi connectivity index (χ1v) is 9.54. The minimum absolute atomic E-state index is 0.131. The highest BCUT2D eigenvalue weighted by Gasteiger charge is 2.29. The van der Waals surface area contributed by atoms with Crippen LogP contribution in [0.15, 0.2) is 30.5 Å². The molecule has 0 N–H and O–H groups in total. The van der Waals surface area contributed by atoms with Gasteiger partial charge in [0.25, 0.3) is 11.7 Å². The molecule has 3 aromatic rings. The van der Waals surface area contributed by atoms with Crippen molar-refractivity contribution in [3.8, 4) is 11.5 Å². The molecule has 1 atom stereocenters. The summed E-state index contributed by atoms with van der Waals surface area (Å²) in [5.41, 5.74) is 1.61. The van der Waals surface area contributed by atoms with Gasteiger partial charge >= 0.3 is 0 Å². The quantitative estimate of drug-likeness (QED) is 0.649. The van der Waals surface area contributed by atoms with Gasteiger partial charge in [0, 0.05) is 44.1 Å². The van der Waals surface area contributed by atoms with Gasteiger partial charge in [-0.1, -0.05) is 6.07 Å². The van der Waals surface area contributed by atoms with Crippen LogP contribution in [0.3, 0.4) is 0 Å². The highest BCUT2D eigenvalue weighted by molar-refractivity contribution is 5.90. The molecule has 29 heavy (non-hydrogen) atoms. The Labute approximate surface area is 168 Å². The zero-order chi connectivity index (χ0) is 20.4. The molecule has 0 aliphatic carbocycles. The van der Waals surface area contributed by atoms with Crippen LogP contribution in [0.5, 0.6) is 0 Å². The van der Waals surface area contributed by atoms with Crippen LogP contribution < -0.4 is 4.90 Å². The van der Waals surface area contributed by atoms with Crippen molar-refractivity contribution in [3.63, 3.8) is 0 Å². The van der Waals surface area contributed by atoms with Gasteiger partial charge in [-0.25, -0.2) is 9.97 Å². The van der Waals surface area contributed by atoms with Gasteiger partial charge in [0.15, 0.2) is 5.82 Å². The maximum absolute atomic E-state index is 12.7. The second kappa shape index (κ2) is 7.90. The van der Waals surface area contributed by atoms with Gasteiger partial charge in [-0.3, -0.25) is 9.78 Å². The number of aromatic nitrogens is 7. The Balaban J connectivity index is 1.54. The van der Waals surface area contributed by atoms with Crippen molar-refractivity contribution in [1.82, 2.24) is 40.1 Å². The lowest BCUT2D eigenvalue weighted by atomic mass is 10.0. The van der Waals surface area contributed by atoms with E-state index in [0.29, 0.717) is 18.9 Å². The highest BCUT2D eigenvalue weighted by Crippen LogP contribution is 2.23. The average Bonchev–Trinajstić information content (AvgIpc) is 3.19. The van der Waals surface area contributed by atoms with Crippen molar-refractivity contribution in [2.75, 3.05) is 25.0 Å². The summed E-state index contributed by atoms with van der Waals surface area (Å²) in [6.45, 7) is 3.21. The topological polar surface area (TPSA) is 106 Å². The third-order valence-electron chi connectivity index (χ3n) is 5.03. The number of nitrogens with zero attached hydrogens (tertiary/aromatic N) is 9. The number of carbonyl (C=O) groups is 1. The summed E-state index contributed by atoms with van der Waals surface area (Å²) in [6, 6.07) is 7.77. The lowest BCUT2D eigenvalue weighted by Gasteiger charge is -2.37. The van der Waals surface area contributed by atoms with E-state index in [4.69, 9.17) is 4.98 Å². The number of tetrazole rings is 1. The molecule has 0 radical (unpaired) electrons. The van der Waals surface area contributed by atoms with Gasteiger partial charge in [0.2, 0.25) is 0 Å². The minimum atomic E-state index is -0.191. The fraction of sp³-hybridized carbons (Fsp3) is 0.421. The zero-order valence-electron chi connectivity index (χ0n) is 16.7. The van der Waals surface area contributed by atoms with Crippen LogP contribution in [0.1, 0.15) is 29.2 Å². The molecule has 3 aromatic heterocycles. The number of piperidine rings is 1. The lowest BCUT2D eigenvalue weighted by Crippen LogP contribution is -2.49. The molecule has 1 aliphatic rings. The van der Waals surface area contributed by atoms with Crippen LogP contribution >= 0.6 is 0 Å². The van der Waals surface area contributed by atoms with Crippen molar-refractivity contribution < 1.29 is 4.79 Å². The predicted molar refractivity (Wildman–Crippen MR) is 106 cm³/mol. The standard InChI is InChI=1S/C19H23N9O/c1-13-11-16(22-17(21-13)15-8-4-5-9-20-15)26(2)14-7-6-10-28(12-14)19(29)18-23-25-27(3)24-18/h4-5,8-9,11,14H,6-7,10,12H2,1-3H3. The number of hydrogen-bond donors (Lipinski definition) is 0. The van der Waals surface area contributed by atoms with E-state index in [1.54, 1.807) is 18.1 Å². The zero-order valence-corrected chi connectivity index (χ0v) is 16.7. The number of likely N-dealkylation sites (tertiary alicyclic amines) is 1. The van der Waals surface area contributed by atoms with Crippen molar-refractivity contribution in [2.45, 2.75) is 25.8 Å². The van der Waals surface area contributed by atoms with E-state index in [1.165, 1.54) is 4.80 Å². The van der Waals surface area contributed by atoms with Gasteiger partial charge < -0.3 is 9.80 Å². The molecule has 0 spiro atoms. The fourth-order valence-corrected chi connectivity index (χ4v) is 3.50.